The molecule has 2 aromatic carbocycles. The molecule has 0 radical (unpaired) electrons. The monoisotopic (exact) mass is 405 g/mol. The van der Waals surface area contributed by atoms with Crippen LogP contribution in [0.25, 0.3) is 0 Å². The van der Waals surface area contributed by atoms with E-state index in [1.165, 1.54) is 31.0 Å². The molecule has 1 N–H and O–H groups in total. The Hall–Kier alpha value is -3.13. The van der Waals surface area contributed by atoms with Crippen molar-refractivity contribution in [2.24, 2.45) is 0 Å². The number of nitrogens with zero attached hydrogens (tertiary/aromatic N) is 2. The highest BCUT2D eigenvalue weighted by molar-refractivity contribution is 6.32. The summed E-state index contributed by atoms with van der Waals surface area (Å²) >= 11 is 5.97. The highest BCUT2D eigenvalue weighted by atomic mass is 35.5. The molecule has 0 saturated heterocycles. The Balaban J connectivity index is 1.93. The van der Waals surface area contributed by atoms with Gasteiger partial charge in [-0.3, -0.25) is 19.7 Å². The van der Waals surface area contributed by atoms with Crippen LogP contribution in [-0.4, -0.2) is 41.3 Å². The van der Waals surface area contributed by atoms with Gasteiger partial charge in [-0.15, -0.1) is 0 Å². The number of benzene rings is 2. The highest BCUT2D eigenvalue weighted by Gasteiger charge is 2.22. The molecule has 0 fully saturated rings. The molecule has 2 rings (SSSR count). The minimum absolute atomic E-state index is 0.0219. The molecule has 0 spiro atoms. The van der Waals surface area contributed by atoms with Crippen molar-refractivity contribution in [3.63, 3.8) is 0 Å². The SMILES string of the molecule is Cc1ccc(NC(=O)CN(C)C(=O)[C@H](C)Oc2ccc([N+](=O)[O-])cc2Cl)cc1. The predicted octanol–water partition coefficient (Wildman–Crippen LogP) is 3.42. The van der Waals surface area contributed by atoms with Crippen LogP contribution in [0.3, 0.4) is 0 Å². The second kappa shape index (κ2) is 9.18. The first-order chi connectivity index (χ1) is 13.2. The molecule has 2 aromatic rings. The number of rotatable bonds is 7. The Labute approximate surface area is 167 Å². The van der Waals surface area contributed by atoms with Gasteiger partial charge in [0.1, 0.15) is 5.75 Å². The summed E-state index contributed by atoms with van der Waals surface area (Å²) in [5, 5.41) is 13.5. The summed E-state index contributed by atoms with van der Waals surface area (Å²) in [5.41, 5.74) is 1.53. The number of nitro benzene ring substituents is 1. The lowest BCUT2D eigenvalue weighted by Crippen LogP contribution is -2.42. The zero-order valence-corrected chi connectivity index (χ0v) is 16.4. The molecule has 2 amide bonds. The minimum Gasteiger partial charge on any atom is -0.479 e. The maximum atomic E-state index is 12.4. The standard InChI is InChI=1S/C19H20ClN3O5/c1-12-4-6-14(7-5-12)21-18(24)11-22(3)19(25)13(2)28-17-9-8-15(23(26)27)10-16(17)20/h4-10,13H,11H2,1-3H3,(H,21,24)/t13-/m0/s1. The minimum atomic E-state index is -0.934. The topological polar surface area (TPSA) is 102 Å². The van der Waals surface area contributed by atoms with Crippen LogP contribution in [0.4, 0.5) is 11.4 Å². The van der Waals surface area contributed by atoms with Crippen LogP contribution in [0, 0.1) is 17.0 Å². The molecule has 0 aliphatic rings. The Kier molecular flexibility index (Phi) is 6.94. The average molecular weight is 406 g/mol. The van der Waals surface area contributed by atoms with Crippen molar-refractivity contribution in [3.05, 3.63) is 63.2 Å². The van der Waals surface area contributed by atoms with E-state index >= 15 is 0 Å². The molecule has 0 bridgehead atoms. The lowest BCUT2D eigenvalue weighted by atomic mass is 10.2. The molecule has 148 valence electrons. The van der Waals surface area contributed by atoms with Crippen molar-refractivity contribution in [1.82, 2.24) is 4.90 Å². The third kappa shape index (κ3) is 5.68. The van der Waals surface area contributed by atoms with Gasteiger partial charge in [0.05, 0.1) is 16.5 Å². The highest BCUT2D eigenvalue weighted by Crippen LogP contribution is 2.29. The van der Waals surface area contributed by atoms with Crippen molar-refractivity contribution >= 4 is 34.8 Å². The summed E-state index contributed by atoms with van der Waals surface area (Å²) in [4.78, 5) is 35.9. The smallest absolute Gasteiger partial charge is 0.271 e. The van der Waals surface area contributed by atoms with Gasteiger partial charge in [0.2, 0.25) is 5.91 Å². The number of hydrogen-bond acceptors (Lipinski definition) is 5. The molecule has 28 heavy (non-hydrogen) atoms. The van der Waals surface area contributed by atoms with E-state index in [2.05, 4.69) is 5.32 Å². The zero-order valence-electron chi connectivity index (χ0n) is 15.6. The first-order valence-corrected chi connectivity index (χ1v) is 8.77. The van der Waals surface area contributed by atoms with Gasteiger partial charge in [0.25, 0.3) is 11.6 Å². The van der Waals surface area contributed by atoms with E-state index in [0.29, 0.717) is 5.69 Å². The first kappa shape index (κ1) is 21.2. The maximum absolute atomic E-state index is 12.4. The molecular weight excluding hydrogens is 386 g/mol. The molecule has 0 aromatic heterocycles. The van der Waals surface area contributed by atoms with Crippen LogP contribution < -0.4 is 10.1 Å². The predicted molar refractivity (Wildman–Crippen MR) is 106 cm³/mol. The van der Waals surface area contributed by atoms with E-state index in [1.54, 1.807) is 12.1 Å². The Morgan fingerprint density at radius 2 is 1.89 bits per heavy atom. The van der Waals surface area contributed by atoms with Crippen molar-refractivity contribution in [2.75, 3.05) is 18.9 Å². The van der Waals surface area contributed by atoms with Gasteiger partial charge in [-0.25, -0.2) is 0 Å². The Bertz CT molecular complexity index is 886. The van der Waals surface area contributed by atoms with Crippen molar-refractivity contribution in [2.45, 2.75) is 20.0 Å². The number of amides is 2. The lowest BCUT2D eigenvalue weighted by Gasteiger charge is -2.22. The van der Waals surface area contributed by atoms with E-state index in [0.717, 1.165) is 11.6 Å². The van der Waals surface area contributed by atoms with Crippen LogP contribution in [0.1, 0.15) is 12.5 Å². The average Bonchev–Trinajstić information content (AvgIpc) is 2.64. The van der Waals surface area contributed by atoms with Crippen LogP contribution in [0.2, 0.25) is 5.02 Å². The fourth-order valence-electron chi connectivity index (χ4n) is 2.38. The zero-order chi connectivity index (χ0) is 20.8. The molecule has 8 nitrogen and oxygen atoms in total. The van der Waals surface area contributed by atoms with Crippen LogP contribution >= 0.6 is 11.6 Å². The largest absolute Gasteiger partial charge is 0.479 e. The van der Waals surface area contributed by atoms with Gasteiger partial charge in [0, 0.05) is 24.9 Å². The molecule has 0 saturated carbocycles. The number of nitro groups is 1. The van der Waals surface area contributed by atoms with Gasteiger partial charge < -0.3 is 15.0 Å². The third-order valence-corrected chi connectivity index (χ3v) is 4.17. The quantitative estimate of drug-likeness (QED) is 0.561. The number of halogens is 1. The molecule has 0 unspecified atom stereocenters. The summed E-state index contributed by atoms with van der Waals surface area (Å²) in [5.74, 6) is -0.639. The summed E-state index contributed by atoms with van der Waals surface area (Å²) in [6, 6.07) is 11.0. The Morgan fingerprint density at radius 3 is 2.46 bits per heavy atom. The fourth-order valence-corrected chi connectivity index (χ4v) is 2.60. The number of hydrogen-bond donors (Lipinski definition) is 1. The number of ether oxygens (including phenoxy) is 1. The number of likely N-dealkylation sites (N-methyl/N-ethyl adjacent to an activating group) is 1. The summed E-state index contributed by atoms with van der Waals surface area (Å²) < 4.78 is 5.50. The third-order valence-electron chi connectivity index (χ3n) is 3.87. The number of aryl methyl sites for hydroxylation is 1. The van der Waals surface area contributed by atoms with Crippen LogP contribution in [-0.2, 0) is 9.59 Å². The van der Waals surface area contributed by atoms with Gasteiger partial charge in [-0.1, -0.05) is 29.3 Å². The number of carbonyl (C=O) groups is 2. The fraction of sp³-hybridized carbons (Fsp3) is 0.263. The number of nitrogens with one attached hydrogen (secondary N) is 1. The Morgan fingerprint density at radius 1 is 1.25 bits per heavy atom. The van der Waals surface area contributed by atoms with E-state index in [-0.39, 0.29) is 28.9 Å². The summed E-state index contributed by atoms with van der Waals surface area (Å²) in [6.07, 6.45) is -0.934. The van der Waals surface area contributed by atoms with E-state index in [9.17, 15) is 19.7 Å². The van der Waals surface area contributed by atoms with Gasteiger partial charge >= 0.3 is 0 Å². The number of anilines is 1. The maximum Gasteiger partial charge on any atom is 0.271 e. The van der Waals surface area contributed by atoms with Crippen LogP contribution in [0.5, 0.6) is 5.75 Å². The first-order valence-electron chi connectivity index (χ1n) is 8.39. The normalized spacial score (nSPS) is 11.4. The molecule has 9 heteroatoms. The molecule has 0 aliphatic carbocycles. The molecular formula is C19H20ClN3O5. The lowest BCUT2D eigenvalue weighted by molar-refractivity contribution is -0.384. The summed E-state index contributed by atoms with van der Waals surface area (Å²) in [6.45, 7) is 3.29. The molecule has 0 aliphatic heterocycles. The van der Waals surface area contributed by atoms with Crippen molar-refractivity contribution in [3.8, 4) is 5.75 Å². The van der Waals surface area contributed by atoms with E-state index < -0.39 is 16.9 Å². The van der Waals surface area contributed by atoms with Crippen molar-refractivity contribution in [1.29, 1.82) is 0 Å². The second-order valence-corrected chi connectivity index (χ2v) is 6.65. The molecule has 0 heterocycles. The van der Waals surface area contributed by atoms with Crippen molar-refractivity contribution < 1.29 is 19.2 Å². The van der Waals surface area contributed by atoms with Crippen LogP contribution in [0.15, 0.2) is 42.5 Å². The van der Waals surface area contributed by atoms with E-state index in [1.807, 2.05) is 19.1 Å². The molecule has 1 atom stereocenters. The summed E-state index contributed by atoms with van der Waals surface area (Å²) in [7, 11) is 1.48. The number of non-ortho nitro benzene ring substituents is 1. The van der Waals surface area contributed by atoms with E-state index in [4.69, 9.17) is 16.3 Å². The van der Waals surface area contributed by atoms with Gasteiger partial charge in [-0.05, 0) is 32.0 Å². The van der Waals surface area contributed by atoms with Gasteiger partial charge in [0.15, 0.2) is 6.10 Å². The number of carbonyl (C=O) groups excluding carboxylic acids is 2. The second-order valence-electron chi connectivity index (χ2n) is 6.24. The van der Waals surface area contributed by atoms with Gasteiger partial charge in [-0.2, -0.15) is 0 Å².